The van der Waals surface area contributed by atoms with E-state index in [1.807, 2.05) is 0 Å². The zero-order valence-electron chi connectivity index (χ0n) is 9.95. The first-order valence-electron chi connectivity index (χ1n) is 5.63. The smallest absolute Gasteiger partial charge is 0.270 e. The average Bonchev–Trinajstić information content (AvgIpc) is 2.35. The third-order valence-electron chi connectivity index (χ3n) is 2.76. The predicted octanol–water partition coefficient (Wildman–Crippen LogP) is 1.56. The summed E-state index contributed by atoms with van der Waals surface area (Å²) in [6.07, 6.45) is -1.05. The number of fused-ring (bicyclic) bond motifs is 1. The minimum Gasteiger partial charge on any atom is -0.486 e. The van der Waals surface area contributed by atoms with Crippen LogP contribution in [0.1, 0.15) is 24.2 Å². The Balaban J connectivity index is 2.55. The fourth-order valence-electron chi connectivity index (χ4n) is 1.81. The van der Waals surface area contributed by atoms with Gasteiger partial charge in [-0.25, -0.2) is 8.78 Å². The molecule has 1 atom stereocenters. The first-order chi connectivity index (χ1) is 8.43. The minimum absolute atomic E-state index is 0.0749. The Morgan fingerprint density at radius 3 is 2.67 bits per heavy atom. The van der Waals surface area contributed by atoms with Crippen molar-refractivity contribution in [2.75, 3.05) is 19.8 Å². The van der Waals surface area contributed by atoms with Gasteiger partial charge in [0.15, 0.2) is 11.5 Å². The SMILES string of the molecule is CC(F)(F)c1cc2c(c(C(O)CN)c1)OCCO2. The second-order valence-electron chi connectivity index (χ2n) is 4.23. The van der Waals surface area contributed by atoms with Gasteiger partial charge in [0.1, 0.15) is 13.2 Å². The summed E-state index contributed by atoms with van der Waals surface area (Å²) in [7, 11) is 0. The molecule has 0 aromatic heterocycles. The van der Waals surface area contributed by atoms with Gasteiger partial charge in [-0.3, -0.25) is 0 Å². The lowest BCUT2D eigenvalue weighted by Crippen LogP contribution is -2.21. The molecule has 100 valence electrons. The number of aliphatic hydroxyl groups is 1. The van der Waals surface area contributed by atoms with E-state index in [2.05, 4.69) is 0 Å². The van der Waals surface area contributed by atoms with Gasteiger partial charge in [0.05, 0.1) is 6.10 Å². The number of hydrogen-bond acceptors (Lipinski definition) is 4. The quantitative estimate of drug-likeness (QED) is 0.864. The van der Waals surface area contributed by atoms with Crippen molar-refractivity contribution in [3.63, 3.8) is 0 Å². The third kappa shape index (κ3) is 2.39. The van der Waals surface area contributed by atoms with E-state index in [0.717, 1.165) is 6.92 Å². The van der Waals surface area contributed by atoms with Crippen LogP contribution in [0.2, 0.25) is 0 Å². The number of ether oxygens (including phenoxy) is 2. The van der Waals surface area contributed by atoms with Crippen LogP contribution >= 0.6 is 0 Å². The molecule has 4 nitrogen and oxygen atoms in total. The molecular formula is C12H15F2NO3. The van der Waals surface area contributed by atoms with Gasteiger partial charge < -0.3 is 20.3 Å². The topological polar surface area (TPSA) is 64.7 Å². The number of aliphatic hydroxyl groups excluding tert-OH is 1. The van der Waals surface area contributed by atoms with Crippen LogP contribution in [0.3, 0.4) is 0 Å². The molecule has 1 unspecified atom stereocenters. The Labute approximate surface area is 103 Å². The fourth-order valence-corrected chi connectivity index (χ4v) is 1.81. The van der Waals surface area contributed by atoms with E-state index >= 15 is 0 Å². The van der Waals surface area contributed by atoms with E-state index in [9.17, 15) is 13.9 Å². The second-order valence-corrected chi connectivity index (χ2v) is 4.23. The molecule has 2 rings (SSSR count). The van der Waals surface area contributed by atoms with Crippen molar-refractivity contribution in [1.82, 2.24) is 0 Å². The van der Waals surface area contributed by atoms with Crippen LogP contribution < -0.4 is 15.2 Å². The average molecular weight is 259 g/mol. The second kappa shape index (κ2) is 4.70. The molecule has 0 saturated heterocycles. The number of halogens is 2. The number of hydrogen-bond donors (Lipinski definition) is 2. The number of alkyl halides is 2. The molecule has 1 heterocycles. The molecule has 1 aromatic carbocycles. The summed E-state index contributed by atoms with van der Waals surface area (Å²) in [5, 5.41) is 9.77. The molecule has 0 bridgehead atoms. The Bertz CT molecular complexity index is 446. The van der Waals surface area contributed by atoms with Crippen LogP contribution in [0.25, 0.3) is 0 Å². The zero-order valence-corrected chi connectivity index (χ0v) is 9.95. The van der Waals surface area contributed by atoms with E-state index < -0.39 is 12.0 Å². The summed E-state index contributed by atoms with van der Waals surface area (Å²) in [4.78, 5) is 0. The van der Waals surface area contributed by atoms with Crippen molar-refractivity contribution in [1.29, 1.82) is 0 Å². The van der Waals surface area contributed by atoms with Gasteiger partial charge in [0.2, 0.25) is 0 Å². The highest BCUT2D eigenvalue weighted by atomic mass is 19.3. The maximum Gasteiger partial charge on any atom is 0.270 e. The maximum atomic E-state index is 13.4. The highest BCUT2D eigenvalue weighted by Gasteiger charge is 2.30. The van der Waals surface area contributed by atoms with E-state index in [0.29, 0.717) is 19.0 Å². The molecule has 0 spiro atoms. The van der Waals surface area contributed by atoms with Crippen molar-refractivity contribution in [3.05, 3.63) is 23.3 Å². The maximum absolute atomic E-state index is 13.4. The molecule has 0 radical (unpaired) electrons. The molecule has 0 amide bonds. The minimum atomic E-state index is -3.01. The van der Waals surface area contributed by atoms with Gasteiger partial charge in [-0.05, 0) is 12.1 Å². The van der Waals surface area contributed by atoms with Gasteiger partial charge in [-0.15, -0.1) is 0 Å². The highest BCUT2D eigenvalue weighted by molar-refractivity contribution is 5.52. The first-order valence-corrected chi connectivity index (χ1v) is 5.63. The number of nitrogens with two attached hydrogens (primary N) is 1. The lowest BCUT2D eigenvalue weighted by molar-refractivity contribution is 0.0165. The van der Waals surface area contributed by atoms with Gasteiger partial charge in [-0.1, -0.05) is 0 Å². The molecule has 6 heteroatoms. The van der Waals surface area contributed by atoms with Gasteiger partial charge >= 0.3 is 0 Å². The van der Waals surface area contributed by atoms with E-state index in [1.54, 1.807) is 0 Å². The van der Waals surface area contributed by atoms with Crippen LogP contribution in [0.5, 0.6) is 11.5 Å². The van der Waals surface area contributed by atoms with Crippen molar-refractivity contribution >= 4 is 0 Å². The number of rotatable bonds is 3. The predicted molar refractivity (Wildman–Crippen MR) is 61.0 cm³/mol. The van der Waals surface area contributed by atoms with Crippen molar-refractivity contribution in [2.24, 2.45) is 5.73 Å². The zero-order chi connectivity index (χ0) is 13.3. The van der Waals surface area contributed by atoms with Gasteiger partial charge in [0, 0.05) is 24.6 Å². The van der Waals surface area contributed by atoms with E-state index in [1.165, 1.54) is 12.1 Å². The van der Waals surface area contributed by atoms with Gasteiger partial charge in [-0.2, -0.15) is 0 Å². The molecule has 18 heavy (non-hydrogen) atoms. The van der Waals surface area contributed by atoms with E-state index in [-0.39, 0.29) is 23.4 Å². The summed E-state index contributed by atoms with van der Waals surface area (Å²) >= 11 is 0. The first kappa shape index (κ1) is 13.0. The molecule has 0 fully saturated rings. The summed E-state index contributed by atoms with van der Waals surface area (Å²) in [6.45, 7) is 1.33. The molecule has 1 aromatic rings. The Morgan fingerprint density at radius 1 is 1.39 bits per heavy atom. The third-order valence-corrected chi connectivity index (χ3v) is 2.76. The van der Waals surface area contributed by atoms with Crippen molar-refractivity contribution in [3.8, 4) is 11.5 Å². The summed E-state index contributed by atoms with van der Waals surface area (Å²) < 4.78 is 37.4. The normalized spacial score (nSPS) is 16.5. The standard InChI is InChI=1S/C12H15F2NO3/c1-12(13,14)7-4-8(9(16)6-15)11-10(5-7)17-2-3-18-11/h4-5,9,16H,2-3,6,15H2,1H3. The monoisotopic (exact) mass is 259 g/mol. The van der Waals surface area contributed by atoms with Crippen LogP contribution in [0.15, 0.2) is 12.1 Å². The largest absolute Gasteiger partial charge is 0.486 e. The van der Waals surface area contributed by atoms with Crippen LogP contribution in [0, 0.1) is 0 Å². The summed E-state index contributed by atoms with van der Waals surface area (Å²) in [5.74, 6) is -2.49. The molecule has 0 saturated carbocycles. The molecular weight excluding hydrogens is 244 g/mol. The van der Waals surface area contributed by atoms with Crippen LogP contribution in [-0.4, -0.2) is 24.9 Å². The lowest BCUT2D eigenvalue weighted by Gasteiger charge is -2.25. The molecule has 1 aliphatic rings. The molecule has 1 aliphatic heterocycles. The van der Waals surface area contributed by atoms with Crippen molar-refractivity contribution in [2.45, 2.75) is 19.0 Å². The van der Waals surface area contributed by atoms with Crippen LogP contribution in [0.4, 0.5) is 8.78 Å². The van der Waals surface area contributed by atoms with Crippen molar-refractivity contribution < 1.29 is 23.4 Å². The number of benzene rings is 1. The summed E-state index contributed by atoms with van der Waals surface area (Å²) in [5.41, 5.74) is 5.38. The Hall–Kier alpha value is -1.40. The van der Waals surface area contributed by atoms with E-state index in [4.69, 9.17) is 15.2 Å². The Morgan fingerprint density at radius 2 is 2.06 bits per heavy atom. The lowest BCUT2D eigenvalue weighted by atomic mass is 10.0. The molecule has 3 N–H and O–H groups in total. The molecule has 0 aliphatic carbocycles. The fraction of sp³-hybridized carbons (Fsp3) is 0.500. The highest BCUT2D eigenvalue weighted by Crippen LogP contribution is 2.41. The van der Waals surface area contributed by atoms with Gasteiger partial charge in [0.25, 0.3) is 5.92 Å². The summed E-state index contributed by atoms with van der Waals surface area (Å²) in [6, 6.07) is 2.45. The van der Waals surface area contributed by atoms with Crippen LogP contribution in [-0.2, 0) is 5.92 Å². The Kier molecular flexibility index (Phi) is 3.41.